The van der Waals surface area contributed by atoms with Crippen LogP contribution in [-0.2, 0) is 0 Å². The van der Waals surface area contributed by atoms with Crippen molar-refractivity contribution in [3.63, 3.8) is 0 Å². The molecule has 0 saturated carbocycles. The number of nitrogens with one attached hydrogen (secondary N) is 1. The molecule has 0 spiro atoms. The van der Waals surface area contributed by atoms with Crippen LogP contribution >= 0.6 is 0 Å². The molecule has 0 bridgehead atoms. The highest BCUT2D eigenvalue weighted by atomic mass is 14.8. The average Bonchev–Trinajstić information content (AvgIpc) is 2.20. The number of benzene rings is 1. The first-order valence-corrected chi connectivity index (χ1v) is 4.87. The van der Waals surface area contributed by atoms with Crippen molar-refractivity contribution in [1.29, 1.82) is 0 Å². The van der Waals surface area contributed by atoms with E-state index in [1.807, 2.05) is 12.1 Å². The molecule has 0 aliphatic carbocycles. The molecule has 0 aromatic heterocycles. The molecule has 0 unspecified atom stereocenters. The van der Waals surface area contributed by atoms with Crippen LogP contribution in [0.25, 0.3) is 6.08 Å². The van der Waals surface area contributed by atoms with Crippen molar-refractivity contribution in [2.75, 3.05) is 13.1 Å². The van der Waals surface area contributed by atoms with Crippen LogP contribution in [0.4, 0.5) is 0 Å². The van der Waals surface area contributed by atoms with E-state index in [-0.39, 0.29) is 0 Å². The van der Waals surface area contributed by atoms with Crippen molar-refractivity contribution in [2.45, 2.75) is 6.92 Å². The molecule has 0 radical (unpaired) electrons. The van der Waals surface area contributed by atoms with Crippen molar-refractivity contribution in [1.82, 2.24) is 5.32 Å². The summed E-state index contributed by atoms with van der Waals surface area (Å²) in [5, 5.41) is 3.27. The Morgan fingerprint density at radius 2 is 2.07 bits per heavy atom. The fourth-order valence-corrected chi connectivity index (χ4v) is 1.26. The minimum absolute atomic E-state index is 0.861. The van der Waals surface area contributed by atoms with Gasteiger partial charge in [-0.3, -0.25) is 0 Å². The highest BCUT2D eigenvalue weighted by Crippen LogP contribution is 2.04. The van der Waals surface area contributed by atoms with Gasteiger partial charge in [0.15, 0.2) is 0 Å². The Kier molecular flexibility index (Phi) is 4.73. The molecule has 0 fully saturated rings. The standard InChI is InChI=1S/C13H17N/c1-3-9-14-11-12(2)10-13-7-5-4-6-8-13/h3-8,10,14H,1,9,11H2,2H3/b12-10+. The molecule has 1 N–H and O–H groups in total. The summed E-state index contributed by atoms with van der Waals surface area (Å²) in [6.07, 6.45) is 4.06. The SMILES string of the molecule is C=CCNC/C(C)=C/c1ccccc1. The van der Waals surface area contributed by atoms with E-state index in [1.54, 1.807) is 0 Å². The summed E-state index contributed by atoms with van der Waals surface area (Å²) < 4.78 is 0. The third-order valence-electron chi connectivity index (χ3n) is 1.91. The molecule has 1 aromatic rings. The van der Waals surface area contributed by atoms with Gasteiger partial charge in [-0.05, 0) is 12.5 Å². The molecule has 0 aliphatic rings. The molecule has 0 atom stereocenters. The largest absolute Gasteiger partial charge is 0.310 e. The lowest BCUT2D eigenvalue weighted by atomic mass is 10.1. The van der Waals surface area contributed by atoms with Gasteiger partial charge in [0.05, 0.1) is 0 Å². The Labute approximate surface area is 86.2 Å². The summed E-state index contributed by atoms with van der Waals surface area (Å²) >= 11 is 0. The fourth-order valence-electron chi connectivity index (χ4n) is 1.26. The maximum atomic E-state index is 3.66. The second-order valence-electron chi connectivity index (χ2n) is 3.32. The molecule has 0 heterocycles. The minimum atomic E-state index is 0.861. The van der Waals surface area contributed by atoms with Gasteiger partial charge in [0, 0.05) is 13.1 Å². The maximum Gasteiger partial charge on any atom is 0.0168 e. The van der Waals surface area contributed by atoms with Crippen molar-refractivity contribution in [3.05, 3.63) is 54.1 Å². The zero-order valence-corrected chi connectivity index (χ0v) is 8.66. The Balaban J connectivity index is 2.47. The molecule has 0 amide bonds. The Hall–Kier alpha value is -1.34. The quantitative estimate of drug-likeness (QED) is 0.552. The first-order valence-electron chi connectivity index (χ1n) is 4.87. The first kappa shape index (κ1) is 10.7. The van der Waals surface area contributed by atoms with E-state index in [9.17, 15) is 0 Å². The van der Waals surface area contributed by atoms with E-state index in [4.69, 9.17) is 0 Å². The third-order valence-corrected chi connectivity index (χ3v) is 1.91. The Morgan fingerprint density at radius 3 is 2.71 bits per heavy atom. The zero-order valence-electron chi connectivity index (χ0n) is 8.66. The second-order valence-corrected chi connectivity index (χ2v) is 3.32. The van der Waals surface area contributed by atoms with E-state index < -0.39 is 0 Å². The number of hydrogen-bond donors (Lipinski definition) is 1. The highest BCUT2D eigenvalue weighted by Gasteiger charge is 1.89. The molecule has 0 aliphatic heterocycles. The lowest BCUT2D eigenvalue weighted by Gasteiger charge is -2.01. The molecular weight excluding hydrogens is 170 g/mol. The van der Waals surface area contributed by atoms with Crippen molar-refractivity contribution < 1.29 is 0 Å². The molecule has 14 heavy (non-hydrogen) atoms. The lowest BCUT2D eigenvalue weighted by molar-refractivity contribution is 0.818. The van der Waals surface area contributed by atoms with E-state index in [2.05, 4.69) is 49.2 Å². The van der Waals surface area contributed by atoms with Gasteiger partial charge in [-0.15, -0.1) is 6.58 Å². The van der Waals surface area contributed by atoms with Gasteiger partial charge in [-0.1, -0.05) is 48.1 Å². The second kappa shape index (κ2) is 6.17. The van der Waals surface area contributed by atoms with Crippen LogP contribution < -0.4 is 5.32 Å². The summed E-state index contributed by atoms with van der Waals surface area (Å²) in [5.41, 5.74) is 2.59. The van der Waals surface area contributed by atoms with Crippen LogP contribution in [0.3, 0.4) is 0 Å². The van der Waals surface area contributed by atoms with Crippen molar-refractivity contribution >= 4 is 6.08 Å². The third kappa shape index (κ3) is 4.06. The highest BCUT2D eigenvalue weighted by molar-refractivity contribution is 5.52. The van der Waals surface area contributed by atoms with Crippen LogP contribution in [0.15, 0.2) is 48.6 Å². The van der Waals surface area contributed by atoms with Gasteiger partial charge in [-0.25, -0.2) is 0 Å². The predicted octanol–water partition coefficient (Wildman–Crippen LogP) is 2.87. The van der Waals surface area contributed by atoms with Gasteiger partial charge in [0.1, 0.15) is 0 Å². The summed E-state index contributed by atoms with van der Waals surface area (Å²) in [7, 11) is 0. The van der Waals surface area contributed by atoms with Gasteiger partial charge in [0.25, 0.3) is 0 Å². The smallest absolute Gasteiger partial charge is 0.0168 e. The molecule has 1 nitrogen and oxygen atoms in total. The first-order chi connectivity index (χ1) is 6.83. The van der Waals surface area contributed by atoms with E-state index in [0.717, 1.165) is 13.1 Å². The maximum absolute atomic E-state index is 3.66. The summed E-state index contributed by atoms with van der Waals surface area (Å²) in [6, 6.07) is 10.4. The van der Waals surface area contributed by atoms with Crippen molar-refractivity contribution in [2.24, 2.45) is 0 Å². The van der Waals surface area contributed by atoms with Crippen LogP contribution in [0.2, 0.25) is 0 Å². The number of rotatable bonds is 5. The number of hydrogen-bond acceptors (Lipinski definition) is 1. The molecule has 0 saturated heterocycles. The predicted molar refractivity (Wildman–Crippen MR) is 63.2 cm³/mol. The summed E-state index contributed by atoms with van der Waals surface area (Å²) in [6.45, 7) is 7.57. The van der Waals surface area contributed by atoms with Crippen molar-refractivity contribution in [3.8, 4) is 0 Å². The average molecular weight is 187 g/mol. The molecular formula is C13H17N. The lowest BCUT2D eigenvalue weighted by Crippen LogP contribution is -2.15. The van der Waals surface area contributed by atoms with Gasteiger partial charge < -0.3 is 5.32 Å². The van der Waals surface area contributed by atoms with Crippen LogP contribution in [0.5, 0.6) is 0 Å². The van der Waals surface area contributed by atoms with E-state index in [0.29, 0.717) is 0 Å². The van der Waals surface area contributed by atoms with Gasteiger partial charge in [0.2, 0.25) is 0 Å². The Bertz CT molecular complexity index is 298. The normalized spacial score (nSPS) is 11.4. The Morgan fingerprint density at radius 1 is 1.36 bits per heavy atom. The van der Waals surface area contributed by atoms with Crippen LogP contribution in [0, 0.1) is 0 Å². The zero-order chi connectivity index (χ0) is 10.2. The van der Waals surface area contributed by atoms with E-state index >= 15 is 0 Å². The summed E-state index contributed by atoms with van der Waals surface area (Å²) in [4.78, 5) is 0. The van der Waals surface area contributed by atoms with Gasteiger partial charge in [-0.2, -0.15) is 0 Å². The fraction of sp³-hybridized carbons (Fsp3) is 0.231. The topological polar surface area (TPSA) is 12.0 Å². The van der Waals surface area contributed by atoms with Crippen LogP contribution in [0.1, 0.15) is 12.5 Å². The molecule has 1 heteroatoms. The minimum Gasteiger partial charge on any atom is -0.310 e. The molecule has 1 aromatic carbocycles. The molecule has 74 valence electrons. The van der Waals surface area contributed by atoms with E-state index in [1.165, 1.54) is 11.1 Å². The monoisotopic (exact) mass is 187 g/mol. The van der Waals surface area contributed by atoms with Crippen LogP contribution in [-0.4, -0.2) is 13.1 Å². The summed E-state index contributed by atoms with van der Waals surface area (Å²) in [5.74, 6) is 0. The molecule has 1 rings (SSSR count). The van der Waals surface area contributed by atoms with Gasteiger partial charge >= 0.3 is 0 Å².